The molecule has 0 aromatic carbocycles. The Morgan fingerprint density at radius 1 is 1.10 bits per heavy atom. The maximum atomic E-state index is 12.0. The van der Waals surface area contributed by atoms with Gasteiger partial charge in [-0.1, -0.05) is 0 Å². The summed E-state index contributed by atoms with van der Waals surface area (Å²) in [7, 11) is 0.980. The lowest BCUT2D eigenvalue weighted by atomic mass is 9.75. The fourth-order valence-corrected chi connectivity index (χ4v) is 3.44. The van der Waals surface area contributed by atoms with E-state index in [0.717, 1.165) is 13.4 Å². The molecule has 8 atom stereocenters. The Morgan fingerprint density at radius 3 is 2.26 bits per heavy atom. The molecule has 14 nitrogen and oxygen atoms in total. The van der Waals surface area contributed by atoms with E-state index >= 15 is 0 Å². The van der Waals surface area contributed by atoms with Crippen molar-refractivity contribution in [3.8, 4) is 0 Å². The molecule has 31 heavy (non-hydrogen) atoms. The van der Waals surface area contributed by atoms with Gasteiger partial charge in [-0.3, -0.25) is 9.59 Å². The molecule has 1 saturated heterocycles. The van der Waals surface area contributed by atoms with Crippen molar-refractivity contribution < 1.29 is 69.1 Å². The second-order valence-corrected chi connectivity index (χ2v) is 7.08. The highest BCUT2D eigenvalue weighted by atomic mass is 16.8. The molecule has 0 saturated carbocycles. The smallest absolute Gasteiger partial charge is 0.337 e. The number of hydrogen-bond acceptors (Lipinski definition) is 12. The minimum absolute atomic E-state index is 0.470. The molecule has 7 N–H and O–H groups in total. The summed E-state index contributed by atoms with van der Waals surface area (Å²) in [5.74, 6) is -5.84. The van der Waals surface area contributed by atoms with Crippen LogP contribution in [-0.4, -0.2) is 110 Å². The molecule has 1 fully saturated rings. The fourth-order valence-electron chi connectivity index (χ4n) is 3.44. The third kappa shape index (κ3) is 5.12. The van der Waals surface area contributed by atoms with Gasteiger partial charge in [-0.2, -0.15) is 0 Å². The van der Waals surface area contributed by atoms with E-state index < -0.39 is 91.4 Å². The number of carbonyl (C=O) groups excluding carboxylic acids is 1. The minimum atomic E-state index is -2.67. The Bertz CT molecular complexity index is 720. The van der Waals surface area contributed by atoms with E-state index in [9.17, 15) is 50.1 Å². The number of ether oxygens (including phenoxy) is 4. The Kier molecular flexibility index (Phi) is 7.93. The summed E-state index contributed by atoms with van der Waals surface area (Å²) in [6.07, 6.45) is -12.0. The van der Waals surface area contributed by atoms with Crippen molar-refractivity contribution in [2.75, 3.05) is 13.7 Å². The third-order valence-corrected chi connectivity index (χ3v) is 5.05. The molecule has 0 bridgehead atoms. The zero-order chi connectivity index (χ0) is 23.5. The van der Waals surface area contributed by atoms with Crippen LogP contribution in [0.3, 0.4) is 0 Å². The third-order valence-electron chi connectivity index (χ3n) is 5.05. The van der Waals surface area contributed by atoms with Crippen molar-refractivity contribution in [3.63, 3.8) is 0 Å². The van der Waals surface area contributed by atoms with Crippen LogP contribution in [0.15, 0.2) is 11.8 Å². The van der Waals surface area contributed by atoms with Crippen LogP contribution in [0, 0.1) is 5.92 Å². The first-order valence-electron chi connectivity index (χ1n) is 9.02. The van der Waals surface area contributed by atoms with E-state index in [4.69, 9.17) is 14.2 Å². The Morgan fingerprint density at radius 2 is 1.74 bits per heavy atom. The lowest BCUT2D eigenvalue weighted by Gasteiger charge is -2.46. The molecular formula is C17H24O14. The maximum Gasteiger partial charge on any atom is 0.337 e. The summed E-state index contributed by atoms with van der Waals surface area (Å²) in [6.45, 7) is -0.788. The van der Waals surface area contributed by atoms with Crippen LogP contribution >= 0.6 is 0 Å². The van der Waals surface area contributed by atoms with Gasteiger partial charge in [0.05, 0.1) is 38.4 Å². The number of hydrogen-bond donors (Lipinski definition) is 7. The molecular weight excluding hydrogens is 428 g/mol. The highest BCUT2D eigenvalue weighted by Crippen LogP contribution is 2.41. The predicted molar refractivity (Wildman–Crippen MR) is 92.8 cm³/mol. The number of esters is 1. The molecule has 0 aliphatic carbocycles. The van der Waals surface area contributed by atoms with Gasteiger partial charge < -0.3 is 54.7 Å². The Hall–Kier alpha value is -2.33. The van der Waals surface area contributed by atoms with Gasteiger partial charge in [0, 0.05) is 5.92 Å². The van der Waals surface area contributed by atoms with E-state index in [1.807, 2.05) is 0 Å². The van der Waals surface area contributed by atoms with Crippen LogP contribution < -0.4 is 0 Å². The minimum Gasteiger partial charge on any atom is -0.481 e. The summed E-state index contributed by atoms with van der Waals surface area (Å²) >= 11 is 0. The lowest BCUT2D eigenvalue weighted by molar-refractivity contribution is -0.359. The van der Waals surface area contributed by atoms with E-state index in [0.29, 0.717) is 0 Å². The molecule has 2 heterocycles. The van der Waals surface area contributed by atoms with Crippen molar-refractivity contribution >= 4 is 17.9 Å². The highest BCUT2D eigenvalue weighted by molar-refractivity contribution is 5.90. The van der Waals surface area contributed by atoms with Gasteiger partial charge in [0.25, 0.3) is 0 Å². The molecule has 2 rings (SSSR count). The van der Waals surface area contributed by atoms with Crippen LogP contribution in [-0.2, 0) is 33.3 Å². The van der Waals surface area contributed by atoms with Crippen molar-refractivity contribution in [1.82, 2.24) is 0 Å². The number of methoxy groups -OCH3 is 1. The summed E-state index contributed by atoms with van der Waals surface area (Å²) in [5, 5.41) is 68.7. The number of carbonyl (C=O) groups is 3. The topological polar surface area (TPSA) is 230 Å². The first-order valence-corrected chi connectivity index (χ1v) is 9.02. The first-order chi connectivity index (χ1) is 14.5. The highest BCUT2D eigenvalue weighted by Gasteiger charge is 2.56. The average Bonchev–Trinajstić information content (AvgIpc) is 2.70. The van der Waals surface area contributed by atoms with Gasteiger partial charge in [0.2, 0.25) is 6.29 Å². The largest absolute Gasteiger partial charge is 0.481 e. The molecule has 176 valence electrons. The molecule has 0 amide bonds. The molecule has 0 aromatic rings. The zero-order valence-corrected chi connectivity index (χ0v) is 16.2. The predicted octanol–water partition coefficient (Wildman–Crippen LogP) is -3.49. The summed E-state index contributed by atoms with van der Waals surface area (Å²) in [5.41, 5.74) is -3.14. The Labute approximate surface area is 174 Å². The average molecular weight is 452 g/mol. The molecule has 2 aliphatic rings. The van der Waals surface area contributed by atoms with E-state index in [2.05, 4.69) is 4.74 Å². The number of aliphatic carboxylic acids is 2. The number of carboxylic acid groups (broad SMARTS) is 2. The maximum absolute atomic E-state index is 12.0. The van der Waals surface area contributed by atoms with Crippen molar-refractivity contribution in [2.45, 2.75) is 55.4 Å². The second kappa shape index (κ2) is 9.86. The van der Waals surface area contributed by atoms with Crippen LogP contribution in [0.2, 0.25) is 0 Å². The van der Waals surface area contributed by atoms with Gasteiger partial charge in [0.1, 0.15) is 30.0 Å². The lowest BCUT2D eigenvalue weighted by Crippen LogP contribution is -2.63. The normalized spacial score (nSPS) is 38.0. The van der Waals surface area contributed by atoms with E-state index in [1.54, 1.807) is 0 Å². The number of carboxylic acids is 2. The molecule has 14 heteroatoms. The van der Waals surface area contributed by atoms with E-state index in [1.165, 1.54) is 0 Å². The standard InChI is InChI=1S/C17H24O14/c1-28-14(26)6-5-29-16(17(27,3-10(21)22)7(6)2-9(19)20)31-15-13(25)12(24)11(23)8(4-18)30-15/h5,7-8,11-13,15-16,18,23-25,27H,2-4H2,1H3,(H,19,20)(H,21,22)/t7-,8-,11-,12+,13-,15+,16+,17-/m1/s1. The fraction of sp³-hybridized carbons (Fsp3) is 0.706. The zero-order valence-electron chi connectivity index (χ0n) is 16.2. The number of aliphatic hydroxyl groups excluding tert-OH is 4. The van der Waals surface area contributed by atoms with Crippen molar-refractivity contribution in [2.24, 2.45) is 5.92 Å². The van der Waals surface area contributed by atoms with Crippen molar-refractivity contribution in [3.05, 3.63) is 11.8 Å². The van der Waals surface area contributed by atoms with Gasteiger partial charge in [-0.25, -0.2) is 4.79 Å². The summed E-state index contributed by atoms with van der Waals surface area (Å²) < 4.78 is 20.1. The van der Waals surface area contributed by atoms with Crippen LogP contribution in [0.5, 0.6) is 0 Å². The SMILES string of the molecule is COC(=O)C1=CO[C@@H](O[C@@H]2O[C@H](CO)[C@@H](O)[C@H](O)[C@H]2O)[C@@](O)(CC(=O)O)[C@@H]1CC(=O)O. The first kappa shape index (κ1) is 24.9. The van der Waals surface area contributed by atoms with E-state index in [-0.39, 0.29) is 0 Å². The second-order valence-electron chi connectivity index (χ2n) is 7.08. The monoisotopic (exact) mass is 452 g/mol. The van der Waals surface area contributed by atoms with Crippen LogP contribution in [0.25, 0.3) is 0 Å². The molecule has 0 spiro atoms. The van der Waals surface area contributed by atoms with Gasteiger partial charge >= 0.3 is 17.9 Å². The summed E-state index contributed by atoms with van der Waals surface area (Å²) in [4.78, 5) is 34.8. The van der Waals surface area contributed by atoms with Gasteiger partial charge in [-0.05, 0) is 0 Å². The van der Waals surface area contributed by atoms with Gasteiger partial charge in [-0.15, -0.1) is 0 Å². The quantitative estimate of drug-likeness (QED) is 0.177. The Balaban J connectivity index is 2.42. The molecule has 0 radical (unpaired) electrons. The molecule has 0 aromatic heterocycles. The summed E-state index contributed by atoms with van der Waals surface area (Å²) in [6, 6.07) is 0. The number of rotatable bonds is 8. The van der Waals surface area contributed by atoms with Crippen molar-refractivity contribution in [1.29, 1.82) is 0 Å². The number of aliphatic hydroxyl groups is 5. The van der Waals surface area contributed by atoms with Crippen LogP contribution in [0.1, 0.15) is 12.8 Å². The molecule has 0 unspecified atom stereocenters. The van der Waals surface area contributed by atoms with Crippen LogP contribution in [0.4, 0.5) is 0 Å². The molecule has 2 aliphatic heterocycles. The van der Waals surface area contributed by atoms with Gasteiger partial charge in [0.15, 0.2) is 6.29 Å².